The second kappa shape index (κ2) is 5.30. The molecular formula is C17H16BrN. The van der Waals surface area contributed by atoms with Crippen LogP contribution in [0.1, 0.15) is 22.3 Å². The highest BCUT2D eigenvalue weighted by molar-refractivity contribution is 9.09. The molecule has 1 aliphatic rings. The molecule has 0 spiro atoms. The standard InChI is InChI=1S/C17H16BrN/c1-12-6-8-13(9-7-12)17-16-5-3-2-4-14(16)10-15(11-18)19-17/h2-9,15H,10-11H2,1H3. The van der Waals surface area contributed by atoms with Gasteiger partial charge in [0, 0.05) is 16.5 Å². The number of nitrogens with zero attached hydrogens (tertiary/aromatic N) is 1. The molecule has 0 N–H and O–H groups in total. The Labute approximate surface area is 122 Å². The maximum Gasteiger partial charge on any atom is 0.0725 e. The molecule has 0 fully saturated rings. The summed E-state index contributed by atoms with van der Waals surface area (Å²) in [6.07, 6.45) is 1.02. The molecule has 1 unspecified atom stereocenters. The monoisotopic (exact) mass is 313 g/mol. The highest BCUT2D eigenvalue weighted by Crippen LogP contribution is 2.24. The smallest absolute Gasteiger partial charge is 0.0725 e. The maximum absolute atomic E-state index is 4.91. The van der Waals surface area contributed by atoms with E-state index in [1.807, 2.05) is 0 Å². The van der Waals surface area contributed by atoms with E-state index in [4.69, 9.17) is 4.99 Å². The molecular weight excluding hydrogens is 298 g/mol. The van der Waals surface area contributed by atoms with Gasteiger partial charge in [-0.3, -0.25) is 4.99 Å². The van der Waals surface area contributed by atoms with Crippen LogP contribution in [0.3, 0.4) is 0 Å². The Balaban J connectivity index is 2.11. The number of fused-ring (bicyclic) bond motifs is 1. The van der Waals surface area contributed by atoms with Crippen molar-refractivity contribution in [3.8, 4) is 0 Å². The molecule has 0 saturated carbocycles. The molecule has 2 aromatic carbocycles. The third-order valence-electron chi connectivity index (χ3n) is 3.54. The van der Waals surface area contributed by atoms with Gasteiger partial charge in [-0.25, -0.2) is 0 Å². The summed E-state index contributed by atoms with van der Waals surface area (Å²) in [5.41, 5.74) is 6.31. The third-order valence-corrected chi connectivity index (χ3v) is 4.29. The first-order valence-electron chi connectivity index (χ1n) is 6.57. The lowest BCUT2D eigenvalue weighted by atomic mass is 9.90. The van der Waals surface area contributed by atoms with Crippen LogP contribution in [0.4, 0.5) is 0 Å². The minimum Gasteiger partial charge on any atom is -0.280 e. The summed E-state index contributed by atoms with van der Waals surface area (Å²) in [5, 5.41) is 0.913. The van der Waals surface area contributed by atoms with E-state index in [0.29, 0.717) is 6.04 Å². The summed E-state index contributed by atoms with van der Waals surface area (Å²) in [7, 11) is 0. The minimum absolute atomic E-state index is 0.339. The minimum atomic E-state index is 0.339. The predicted octanol–water partition coefficient (Wildman–Crippen LogP) is 4.15. The highest BCUT2D eigenvalue weighted by Gasteiger charge is 2.20. The van der Waals surface area contributed by atoms with Gasteiger partial charge in [-0.15, -0.1) is 0 Å². The first kappa shape index (κ1) is 12.6. The van der Waals surface area contributed by atoms with Gasteiger partial charge in [0.25, 0.3) is 0 Å². The molecule has 0 aliphatic carbocycles. The van der Waals surface area contributed by atoms with Crippen molar-refractivity contribution >= 4 is 21.6 Å². The van der Waals surface area contributed by atoms with Crippen molar-refractivity contribution in [3.05, 3.63) is 70.8 Å². The zero-order valence-electron chi connectivity index (χ0n) is 10.9. The molecule has 19 heavy (non-hydrogen) atoms. The number of aryl methyl sites for hydroxylation is 1. The lowest BCUT2D eigenvalue weighted by molar-refractivity contribution is 0.742. The molecule has 1 heterocycles. The largest absolute Gasteiger partial charge is 0.280 e. The molecule has 0 saturated heterocycles. The van der Waals surface area contributed by atoms with Gasteiger partial charge < -0.3 is 0 Å². The molecule has 2 heteroatoms. The first-order valence-corrected chi connectivity index (χ1v) is 7.69. The van der Waals surface area contributed by atoms with Gasteiger partial charge in [-0.2, -0.15) is 0 Å². The third kappa shape index (κ3) is 2.50. The van der Waals surface area contributed by atoms with Gasteiger partial charge in [0.15, 0.2) is 0 Å². The Morgan fingerprint density at radius 1 is 1.11 bits per heavy atom. The first-order chi connectivity index (χ1) is 9.28. The molecule has 96 valence electrons. The van der Waals surface area contributed by atoms with Crippen LogP contribution in [0.2, 0.25) is 0 Å². The normalized spacial score (nSPS) is 17.8. The van der Waals surface area contributed by atoms with Crippen molar-refractivity contribution in [1.29, 1.82) is 0 Å². The molecule has 1 aliphatic heterocycles. The molecule has 0 radical (unpaired) electrons. The van der Waals surface area contributed by atoms with E-state index in [2.05, 4.69) is 71.4 Å². The van der Waals surface area contributed by atoms with E-state index in [1.54, 1.807) is 0 Å². The number of halogens is 1. The zero-order valence-corrected chi connectivity index (χ0v) is 12.5. The Hall–Kier alpha value is -1.41. The van der Waals surface area contributed by atoms with Gasteiger partial charge in [-0.1, -0.05) is 70.0 Å². The van der Waals surface area contributed by atoms with E-state index < -0.39 is 0 Å². The highest BCUT2D eigenvalue weighted by atomic mass is 79.9. The van der Waals surface area contributed by atoms with Crippen molar-refractivity contribution in [2.75, 3.05) is 5.33 Å². The Kier molecular flexibility index (Phi) is 3.52. The number of rotatable bonds is 2. The van der Waals surface area contributed by atoms with Crippen molar-refractivity contribution in [1.82, 2.24) is 0 Å². The van der Waals surface area contributed by atoms with E-state index in [0.717, 1.165) is 17.5 Å². The second-order valence-electron chi connectivity index (χ2n) is 5.01. The second-order valence-corrected chi connectivity index (χ2v) is 5.66. The van der Waals surface area contributed by atoms with Crippen LogP contribution < -0.4 is 0 Å². The number of aliphatic imine (C=N–C) groups is 1. The van der Waals surface area contributed by atoms with Crippen LogP contribution >= 0.6 is 15.9 Å². The molecule has 0 bridgehead atoms. The number of hydrogen-bond acceptors (Lipinski definition) is 1. The quantitative estimate of drug-likeness (QED) is 0.738. The number of hydrogen-bond donors (Lipinski definition) is 0. The Morgan fingerprint density at radius 3 is 2.58 bits per heavy atom. The topological polar surface area (TPSA) is 12.4 Å². The summed E-state index contributed by atoms with van der Waals surface area (Å²) < 4.78 is 0. The van der Waals surface area contributed by atoms with Crippen molar-refractivity contribution in [2.45, 2.75) is 19.4 Å². The van der Waals surface area contributed by atoms with E-state index in [-0.39, 0.29) is 0 Å². The lowest BCUT2D eigenvalue weighted by Crippen LogP contribution is -2.22. The fraction of sp³-hybridized carbons (Fsp3) is 0.235. The molecule has 0 aromatic heterocycles. The summed E-state index contributed by atoms with van der Waals surface area (Å²) in [5.74, 6) is 0. The Bertz CT molecular complexity index is 613. The summed E-state index contributed by atoms with van der Waals surface area (Å²) in [6, 6.07) is 17.6. The van der Waals surface area contributed by atoms with Gasteiger partial charge in [0.05, 0.1) is 11.8 Å². The molecule has 3 rings (SSSR count). The fourth-order valence-corrected chi connectivity index (χ4v) is 2.89. The van der Waals surface area contributed by atoms with Gasteiger partial charge >= 0.3 is 0 Å². The number of benzene rings is 2. The average molecular weight is 314 g/mol. The van der Waals surface area contributed by atoms with Crippen molar-refractivity contribution < 1.29 is 0 Å². The molecule has 1 nitrogen and oxygen atoms in total. The van der Waals surface area contributed by atoms with E-state index in [1.165, 1.54) is 22.3 Å². The van der Waals surface area contributed by atoms with Crippen LogP contribution in [0, 0.1) is 6.92 Å². The van der Waals surface area contributed by atoms with Crippen LogP contribution in [0.5, 0.6) is 0 Å². The molecule has 0 amide bonds. The van der Waals surface area contributed by atoms with Crippen LogP contribution in [-0.2, 0) is 6.42 Å². The van der Waals surface area contributed by atoms with Gasteiger partial charge in [-0.05, 0) is 18.9 Å². The summed E-state index contributed by atoms with van der Waals surface area (Å²) >= 11 is 3.57. The van der Waals surface area contributed by atoms with E-state index in [9.17, 15) is 0 Å². The van der Waals surface area contributed by atoms with Crippen LogP contribution in [0.15, 0.2) is 53.5 Å². The van der Waals surface area contributed by atoms with Gasteiger partial charge in [0.1, 0.15) is 0 Å². The Morgan fingerprint density at radius 2 is 1.84 bits per heavy atom. The summed E-state index contributed by atoms with van der Waals surface area (Å²) in [6.45, 7) is 2.11. The zero-order chi connectivity index (χ0) is 13.2. The fourth-order valence-electron chi connectivity index (χ4n) is 2.51. The van der Waals surface area contributed by atoms with Crippen molar-refractivity contribution in [3.63, 3.8) is 0 Å². The summed E-state index contributed by atoms with van der Waals surface area (Å²) in [4.78, 5) is 4.91. The van der Waals surface area contributed by atoms with Crippen LogP contribution in [0.25, 0.3) is 0 Å². The average Bonchev–Trinajstić information content (AvgIpc) is 2.47. The maximum atomic E-state index is 4.91. The van der Waals surface area contributed by atoms with E-state index >= 15 is 0 Å². The van der Waals surface area contributed by atoms with Crippen molar-refractivity contribution in [2.24, 2.45) is 4.99 Å². The number of alkyl halides is 1. The SMILES string of the molecule is Cc1ccc(C2=NC(CBr)Cc3ccccc32)cc1. The molecule has 1 atom stereocenters. The lowest BCUT2D eigenvalue weighted by Gasteiger charge is -2.22. The van der Waals surface area contributed by atoms with Gasteiger partial charge in [0.2, 0.25) is 0 Å². The van der Waals surface area contributed by atoms with Crippen LogP contribution in [-0.4, -0.2) is 17.1 Å². The predicted molar refractivity (Wildman–Crippen MR) is 84.5 cm³/mol. The molecule has 2 aromatic rings.